The predicted octanol–water partition coefficient (Wildman–Crippen LogP) is 4.32. The standard InChI is InChI=1S/C19H18Cl3N5O/c20-12-6-11(7-13(21)8-12)16(23)19(28)27-5-1-2-10(9-27)17-24-14-3-4-15(22)25-18(14)26-17/h3-4,6-8,10,16H,1-2,5,9,23H2,(H,24,25,26)/t10-,16?/m0/s1. The van der Waals surface area contributed by atoms with Crippen LogP contribution in [0.1, 0.15) is 36.2 Å². The van der Waals surface area contributed by atoms with Crippen molar-refractivity contribution < 1.29 is 4.79 Å². The number of aromatic amines is 1. The molecule has 0 bridgehead atoms. The van der Waals surface area contributed by atoms with Crippen molar-refractivity contribution in [3.8, 4) is 0 Å². The van der Waals surface area contributed by atoms with Crippen molar-refractivity contribution >= 4 is 51.9 Å². The molecule has 1 amide bonds. The zero-order chi connectivity index (χ0) is 19.8. The number of amides is 1. The Labute approximate surface area is 177 Å². The first-order chi connectivity index (χ1) is 13.4. The largest absolute Gasteiger partial charge is 0.340 e. The fraction of sp³-hybridized carbons (Fsp3) is 0.316. The van der Waals surface area contributed by atoms with E-state index in [9.17, 15) is 4.79 Å². The molecule has 146 valence electrons. The Kier molecular flexibility index (Phi) is 5.47. The second-order valence-corrected chi connectivity index (χ2v) is 8.19. The summed E-state index contributed by atoms with van der Waals surface area (Å²) < 4.78 is 0. The van der Waals surface area contributed by atoms with E-state index in [1.807, 2.05) is 6.07 Å². The SMILES string of the molecule is NC(C(=O)N1CCC[C@H](c2nc3nc(Cl)ccc3[nH]2)C1)c1cc(Cl)cc(Cl)c1. The fourth-order valence-corrected chi connectivity index (χ4v) is 4.26. The van der Waals surface area contributed by atoms with Crippen LogP contribution in [0, 0.1) is 0 Å². The van der Waals surface area contributed by atoms with Gasteiger partial charge in [-0.2, -0.15) is 0 Å². The normalized spacial score (nSPS) is 18.4. The Morgan fingerprint density at radius 3 is 2.68 bits per heavy atom. The van der Waals surface area contributed by atoms with Gasteiger partial charge in [-0.15, -0.1) is 0 Å². The van der Waals surface area contributed by atoms with Crippen LogP contribution in [-0.4, -0.2) is 38.8 Å². The number of halogens is 3. The molecule has 28 heavy (non-hydrogen) atoms. The van der Waals surface area contributed by atoms with Crippen LogP contribution in [0.2, 0.25) is 15.2 Å². The number of likely N-dealkylation sites (tertiary alicyclic amines) is 1. The average molecular weight is 439 g/mol. The van der Waals surface area contributed by atoms with Gasteiger partial charge >= 0.3 is 0 Å². The molecule has 1 fully saturated rings. The summed E-state index contributed by atoms with van der Waals surface area (Å²) in [5.41, 5.74) is 8.22. The summed E-state index contributed by atoms with van der Waals surface area (Å²) in [4.78, 5) is 26.8. The van der Waals surface area contributed by atoms with Gasteiger partial charge in [0.1, 0.15) is 17.0 Å². The van der Waals surface area contributed by atoms with E-state index in [4.69, 9.17) is 40.5 Å². The lowest BCUT2D eigenvalue weighted by Gasteiger charge is -2.33. The maximum atomic E-state index is 13.0. The molecule has 1 saturated heterocycles. The summed E-state index contributed by atoms with van der Waals surface area (Å²) in [5.74, 6) is 0.739. The van der Waals surface area contributed by atoms with Crippen LogP contribution < -0.4 is 5.73 Å². The van der Waals surface area contributed by atoms with Gasteiger partial charge in [0.05, 0.1) is 5.52 Å². The number of benzene rings is 1. The van der Waals surface area contributed by atoms with Crippen molar-refractivity contribution in [2.24, 2.45) is 5.73 Å². The second-order valence-electron chi connectivity index (χ2n) is 6.93. The number of carbonyl (C=O) groups is 1. The fourth-order valence-electron chi connectivity index (χ4n) is 3.58. The van der Waals surface area contributed by atoms with E-state index in [0.717, 1.165) is 24.2 Å². The number of imidazole rings is 1. The third-order valence-corrected chi connectivity index (χ3v) is 5.61. The number of hydrogen-bond acceptors (Lipinski definition) is 4. The molecule has 9 heteroatoms. The number of pyridine rings is 1. The topological polar surface area (TPSA) is 87.9 Å². The van der Waals surface area contributed by atoms with E-state index in [1.54, 1.807) is 29.2 Å². The highest BCUT2D eigenvalue weighted by Crippen LogP contribution is 2.29. The molecular formula is C19H18Cl3N5O. The van der Waals surface area contributed by atoms with Crippen molar-refractivity contribution in [3.05, 3.63) is 56.9 Å². The first-order valence-electron chi connectivity index (χ1n) is 8.93. The number of carbonyl (C=O) groups excluding carboxylic acids is 1. The predicted molar refractivity (Wildman–Crippen MR) is 111 cm³/mol. The lowest BCUT2D eigenvalue weighted by molar-refractivity contribution is -0.134. The molecule has 3 aromatic rings. The third-order valence-electron chi connectivity index (χ3n) is 4.96. The van der Waals surface area contributed by atoms with E-state index in [1.165, 1.54) is 0 Å². The molecule has 3 N–H and O–H groups in total. The number of rotatable bonds is 3. The molecule has 2 aromatic heterocycles. The molecule has 3 heterocycles. The van der Waals surface area contributed by atoms with E-state index in [-0.39, 0.29) is 11.8 Å². The second kappa shape index (κ2) is 7.87. The minimum atomic E-state index is -0.814. The van der Waals surface area contributed by atoms with E-state index in [2.05, 4.69) is 15.0 Å². The summed E-state index contributed by atoms with van der Waals surface area (Å²) >= 11 is 18.0. The number of hydrogen-bond donors (Lipinski definition) is 2. The van der Waals surface area contributed by atoms with Gasteiger partial charge < -0.3 is 15.6 Å². The van der Waals surface area contributed by atoms with Crippen LogP contribution in [-0.2, 0) is 4.79 Å². The van der Waals surface area contributed by atoms with Crippen molar-refractivity contribution in [1.29, 1.82) is 0 Å². The van der Waals surface area contributed by atoms with Crippen LogP contribution in [0.3, 0.4) is 0 Å². The van der Waals surface area contributed by atoms with Crippen LogP contribution in [0.4, 0.5) is 0 Å². The van der Waals surface area contributed by atoms with Gasteiger partial charge in [-0.05, 0) is 48.7 Å². The first-order valence-corrected chi connectivity index (χ1v) is 10.1. The molecule has 1 aromatic carbocycles. The van der Waals surface area contributed by atoms with Crippen LogP contribution in [0.25, 0.3) is 11.2 Å². The molecule has 0 aliphatic carbocycles. The molecule has 1 unspecified atom stereocenters. The highest BCUT2D eigenvalue weighted by atomic mass is 35.5. The molecule has 0 spiro atoms. The molecular weight excluding hydrogens is 421 g/mol. The van der Waals surface area contributed by atoms with Crippen LogP contribution >= 0.6 is 34.8 Å². The highest BCUT2D eigenvalue weighted by Gasteiger charge is 2.30. The monoisotopic (exact) mass is 437 g/mol. The number of piperidine rings is 1. The average Bonchev–Trinajstić information content (AvgIpc) is 3.09. The Morgan fingerprint density at radius 1 is 1.18 bits per heavy atom. The van der Waals surface area contributed by atoms with E-state index in [0.29, 0.717) is 39.5 Å². The lowest BCUT2D eigenvalue weighted by atomic mass is 9.96. The van der Waals surface area contributed by atoms with Gasteiger partial charge in [0.25, 0.3) is 0 Å². The lowest BCUT2D eigenvalue weighted by Crippen LogP contribution is -2.44. The minimum Gasteiger partial charge on any atom is -0.340 e. The quantitative estimate of drug-likeness (QED) is 0.596. The molecule has 6 nitrogen and oxygen atoms in total. The zero-order valence-electron chi connectivity index (χ0n) is 14.8. The van der Waals surface area contributed by atoms with Gasteiger partial charge in [-0.1, -0.05) is 34.8 Å². The van der Waals surface area contributed by atoms with Gasteiger partial charge in [-0.25, -0.2) is 9.97 Å². The van der Waals surface area contributed by atoms with Crippen LogP contribution in [0.15, 0.2) is 30.3 Å². The molecule has 1 aliphatic rings. The molecule has 2 atom stereocenters. The van der Waals surface area contributed by atoms with Gasteiger partial charge in [-0.3, -0.25) is 4.79 Å². The number of H-pyrrole nitrogens is 1. The molecule has 4 rings (SSSR count). The van der Waals surface area contributed by atoms with Crippen molar-refractivity contribution in [3.63, 3.8) is 0 Å². The molecule has 0 saturated carbocycles. The Balaban J connectivity index is 1.53. The van der Waals surface area contributed by atoms with Crippen molar-refractivity contribution in [1.82, 2.24) is 19.9 Å². The van der Waals surface area contributed by atoms with Gasteiger partial charge in [0.2, 0.25) is 5.91 Å². The smallest absolute Gasteiger partial charge is 0.244 e. The van der Waals surface area contributed by atoms with Gasteiger partial charge in [0.15, 0.2) is 5.65 Å². The number of nitrogens with one attached hydrogen (secondary N) is 1. The first kappa shape index (κ1) is 19.5. The highest BCUT2D eigenvalue weighted by molar-refractivity contribution is 6.34. The van der Waals surface area contributed by atoms with Crippen molar-refractivity contribution in [2.75, 3.05) is 13.1 Å². The number of aromatic nitrogens is 3. The number of nitrogens with two attached hydrogens (primary N) is 1. The third kappa shape index (κ3) is 3.96. The van der Waals surface area contributed by atoms with E-state index >= 15 is 0 Å². The Morgan fingerprint density at radius 2 is 1.93 bits per heavy atom. The molecule has 1 aliphatic heterocycles. The summed E-state index contributed by atoms with van der Waals surface area (Å²) in [7, 11) is 0. The number of fused-ring (bicyclic) bond motifs is 1. The summed E-state index contributed by atoms with van der Waals surface area (Å²) in [6.07, 6.45) is 1.79. The Bertz CT molecular complexity index is 1020. The van der Waals surface area contributed by atoms with Gasteiger partial charge in [0, 0.05) is 29.1 Å². The summed E-state index contributed by atoms with van der Waals surface area (Å²) in [6.45, 7) is 1.19. The zero-order valence-corrected chi connectivity index (χ0v) is 17.1. The Hall–Kier alpha value is -1.86. The van der Waals surface area contributed by atoms with Crippen LogP contribution in [0.5, 0.6) is 0 Å². The molecule has 0 radical (unpaired) electrons. The maximum Gasteiger partial charge on any atom is 0.244 e. The number of nitrogens with zero attached hydrogens (tertiary/aromatic N) is 3. The van der Waals surface area contributed by atoms with Crippen molar-refractivity contribution in [2.45, 2.75) is 24.8 Å². The maximum absolute atomic E-state index is 13.0. The summed E-state index contributed by atoms with van der Waals surface area (Å²) in [6, 6.07) is 7.72. The van der Waals surface area contributed by atoms with E-state index < -0.39 is 6.04 Å². The summed E-state index contributed by atoms with van der Waals surface area (Å²) in [5, 5.41) is 1.31. The minimum absolute atomic E-state index is 0.0841.